The van der Waals surface area contributed by atoms with Gasteiger partial charge >= 0.3 is 12.1 Å². The van der Waals surface area contributed by atoms with Crippen LogP contribution in [0.1, 0.15) is 13.3 Å². The lowest BCUT2D eigenvalue weighted by molar-refractivity contribution is -0.141. The molecule has 1 aliphatic rings. The lowest BCUT2D eigenvalue weighted by atomic mass is 10.2. The summed E-state index contributed by atoms with van der Waals surface area (Å²) in [5, 5.41) is 17.6. The van der Waals surface area contributed by atoms with Gasteiger partial charge in [-0.2, -0.15) is 0 Å². The standard InChI is InChI=1S/C10H13NO5/c1-2-3-4-16-7-5-8(9(12)13)11(6-7)10(14)15/h7-8H,4-6H2,1H3,(H,12,13)(H,14,15)/t7-,8-/m1/s1. The molecule has 2 N–H and O–H groups in total. The zero-order valence-corrected chi connectivity index (χ0v) is 8.84. The van der Waals surface area contributed by atoms with Crippen LogP contribution in [0.3, 0.4) is 0 Å². The summed E-state index contributed by atoms with van der Waals surface area (Å²) in [6, 6.07) is -1.02. The Labute approximate surface area is 92.8 Å². The van der Waals surface area contributed by atoms with Crippen molar-refractivity contribution < 1.29 is 24.5 Å². The van der Waals surface area contributed by atoms with Crippen LogP contribution in [0.15, 0.2) is 0 Å². The van der Waals surface area contributed by atoms with Crippen molar-refractivity contribution in [3.8, 4) is 11.8 Å². The van der Waals surface area contributed by atoms with E-state index in [2.05, 4.69) is 11.8 Å². The average molecular weight is 227 g/mol. The van der Waals surface area contributed by atoms with Crippen molar-refractivity contribution in [2.75, 3.05) is 13.2 Å². The Kier molecular flexibility index (Phi) is 4.14. The van der Waals surface area contributed by atoms with Gasteiger partial charge in [-0.25, -0.2) is 9.59 Å². The van der Waals surface area contributed by atoms with Gasteiger partial charge in [-0.1, -0.05) is 5.92 Å². The Morgan fingerprint density at radius 1 is 1.50 bits per heavy atom. The normalized spacial score (nSPS) is 23.7. The number of hydrogen-bond donors (Lipinski definition) is 2. The molecule has 0 unspecified atom stereocenters. The number of ether oxygens (including phenoxy) is 1. The zero-order valence-electron chi connectivity index (χ0n) is 8.84. The second kappa shape index (κ2) is 5.37. The first-order chi connectivity index (χ1) is 7.56. The number of nitrogens with zero attached hydrogens (tertiary/aromatic N) is 1. The van der Waals surface area contributed by atoms with Crippen molar-refractivity contribution in [1.82, 2.24) is 4.90 Å². The Hall–Kier alpha value is -1.74. The summed E-state index contributed by atoms with van der Waals surface area (Å²) in [4.78, 5) is 22.5. The second-order valence-corrected chi connectivity index (χ2v) is 3.38. The molecule has 2 atom stereocenters. The maximum atomic E-state index is 10.8. The SMILES string of the molecule is CC#CCO[C@@H]1C[C@H](C(=O)O)N(C(=O)O)C1. The van der Waals surface area contributed by atoms with E-state index in [1.807, 2.05) is 0 Å². The van der Waals surface area contributed by atoms with Gasteiger partial charge < -0.3 is 14.9 Å². The number of hydrogen-bond acceptors (Lipinski definition) is 3. The Morgan fingerprint density at radius 2 is 2.19 bits per heavy atom. The molecule has 88 valence electrons. The summed E-state index contributed by atoms with van der Waals surface area (Å²) >= 11 is 0. The molecule has 1 rings (SSSR count). The van der Waals surface area contributed by atoms with Crippen molar-refractivity contribution in [1.29, 1.82) is 0 Å². The van der Waals surface area contributed by atoms with E-state index in [4.69, 9.17) is 14.9 Å². The summed E-state index contributed by atoms with van der Waals surface area (Å²) in [6.45, 7) is 1.94. The van der Waals surface area contributed by atoms with Crippen LogP contribution < -0.4 is 0 Å². The smallest absolute Gasteiger partial charge is 0.408 e. The molecule has 1 aliphatic heterocycles. The van der Waals surface area contributed by atoms with Crippen LogP contribution in [0.5, 0.6) is 0 Å². The molecule has 0 aromatic carbocycles. The summed E-state index contributed by atoms with van der Waals surface area (Å²) in [5.74, 6) is 4.17. The first kappa shape index (κ1) is 12.3. The third-order valence-corrected chi connectivity index (χ3v) is 2.36. The molecular formula is C10H13NO5. The minimum Gasteiger partial charge on any atom is -0.480 e. The topological polar surface area (TPSA) is 87.1 Å². The van der Waals surface area contributed by atoms with Gasteiger partial charge in [0, 0.05) is 6.42 Å². The number of likely N-dealkylation sites (tertiary alicyclic amines) is 1. The summed E-state index contributed by atoms with van der Waals surface area (Å²) < 4.78 is 5.26. The molecule has 0 bridgehead atoms. The van der Waals surface area contributed by atoms with E-state index in [1.165, 1.54) is 0 Å². The maximum absolute atomic E-state index is 10.8. The van der Waals surface area contributed by atoms with E-state index in [1.54, 1.807) is 6.92 Å². The van der Waals surface area contributed by atoms with E-state index in [0.717, 1.165) is 4.90 Å². The van der Waals surface area contributed by atoms with Gasteiger partial charge in [0.2, 0.25) is 0 Å². The van der Waals surface area contributed by atoms with Gasteiger partial charge in [0.1, 0.15) is 12.6 Å². The highest BCUT2D eigenvalue weighted by molar-refractivity contribution is 5.80. The van der Waals surface area contributed by atoms with Crippen LogP contribution in [0.2, 0.25) is 0 Å². The van der Waals surface area contributed by atoms with Crippen molar-refractivity contribution in [2.24, 2.45) is 0 Å². The molecule has 0 spiro atoms. The van der Waals surface area contributed by atoms with Crippen molar-refractivity contribution >= 4 is 12.1 Å². The van der Waals surface area contributed by atoms with Crippen LogP contribution in [0.25, 0.3) is 0 Å². The number of rotatable bonds is 3. The Balaban J connectivity index is 2.57. The Bertz CT molecular complexity index is 321. The van der Waals surface area contributed by atoms with Crippen molar-refractivity contribution in [3.63, 3.8) is 0 Å². The first-order valence-electron chi connectivity index (χ1n) is 4.79. The number of amides is 1. The summed E-state index contributed by atoms with van der Waals surface area (Å²) in [5.41, 5.74) is 0. The highest BCUT2D eigenvalue weighted by Crippen LogP contribution is 2.20. The predicted octanol–water partition coefficient (Wildman–Crippen LogP) is 0.232. The molecule has 0 saturated carbocycles. The van der Waals surface area contributed by atoms with Gasteiger partial charge in [0.25, 0.3) is 0 Å². The lowest BCUT2D eigenvalue weighted by Gasteiger charge is -2.16. The zero-order chi connectivity index (χ0) is 12.1. The molecule has 0 aromatic rings. The van der Waals surface area contributed by atoms with E-state index >= 15 is 0 Å². The van der Waals surface area contributed by atoms with Crippen LogP contribution in [0, 0.1) is 11.8 Å². The number of carboxylic acids is 1. The first-order valence-corrected chi connectivity index (χ1v) is 4.79. The number of carboxylic acid groups (broad SMARTS) is 2. The van der Waals surface area contributed by atoms with E-state index in [-0.39, 0.29) is 19.6 Å². The fourth-order valence-electron chi connectivity index (χ4n) is 1.60. The maximum Gasteiger partial charge on any atom is 0.408 e. The molecule has 1 heterocycles. The fourth-order valence-corrected chi connectivity index (χ4v) is 1.60. The molecule has 0 aliphatic carbocycles. The molecule has 16 heavy (non-hydrogen) atoms. The summed E-state index contributed by atoms with van der Waals surface area (Å²) in [6.07, 6.45) is -1.45. The van der Waals surface area contributed by atoms with Crippen LogP contribution in [-0.4, -0.2) is 52.5 Å². The number of aliphatic carboxylic acids is 1. The molecule has 6 heteroatoms. The minimum absolute atomic E-state index is 0.0810. The average Bonchev–Trinajstić information content (AvgIpc) is 2.62. The Morgan fingerprint density at radius 3 is 2.62 bits per heavy atom. The molecular weight excluding hydrogens is 214 g/mol. The van der Waals surface area contributed by atoms with Crippen LogP contribution >= 0.6 is 0 Å². The third kappa shape index (κ3) is 2.87. The third-order valence-electron chi connectivity index (χ3n) is 2.36. The largest absolute Gasteiger partial charge is 0.480 e. The molecule has 1 amide bonds. The minimum atomic E-state index is -1.24. The van der Waals surface area contributed by atoms with Gasteiger partial charge in [-0.15, -0.1) is 5.92 Å². The predicted molar refractivity (Wildman–Crippen MR) is 54.0 cm³/mol. The van der Waals surface area contributed by atoms with E-state index in [9.17, 15) is 9.59 Å². The van der Waals surface area contributed by atoms with Gasteiger partial charge in [-0.05, 0) is 6.92 Å². The van der Waals surface area contributed by atoms with Gasteiger partial charge in [0.05, 0.1) is 12.6 Å². The van der Waals surface area contributed by atoms with E-state index in [0.29, 0.717) is 0 Å². The molecule has 0 radical (unpaired) electrons. The van der Waals surface area contributed by atoms with E-state index < -0.39 is 24.2 Å². The lowest BCUT2D eigenvalue weighted by Crippen LogP contribution is -2.39. The van der Waals surface area contributed by atoms with Crippen molar-refractivity contribution in [3.05, 3.63) is 0 Å². The fraction of sp³-hybridized carbons (Fsp3) is 0.600. The monoisotopic (exact) mass is 227 g/mol. The number of carbonyl (C=O) groups is 2. The quantitative estimate of drug-likeness (QED) is 0.674. The van der Waals surface area contributed by atoms with Gasteiger partial charge in [0.15, 0.2) is 0 Å². The molecule has 6 nitrogen and oxygen atoms in total. The highest BCUT2D eigenvalue weighted by Gasteiger charge is 2.40. The van der Waals surface area contributed by atoms with Crippen LogP contribution in [0.4, 0.5) is 4.79 Å². The molecule has 1 fully saturated rings. The van der Waals surface area contributed by atoms with Gasteiger partial charge in [-0.3, -0.25) is 4.90 Å². The summed E-state index contributed by atoms with van der Waals surface area (Å²) in [7, 11) is 0. The molecule has 1 saturated heterocycles. The van der Waals surface area contributed by atoms with Crippen LogP contribution in [-0.2, 0) is 9.53 Å². The highest BCUT2D eigenvalue weighted by atomic mass is 16.5. The second-order valence-electron chi connectivity index (χ2n) is 3.38. The molecule has 0 aromatic heterocycles. The van der Waals surface area contributed by atoms with Crippen molar-refractivity contribution in [2.45, 2.75) is 25.5 Å².